The van der Waals surface area contributed by atoms with E-state index >= 15 is 0 Å². The Morgan fingerprint density at radius 3 is 1.98 bits per heavy atom. The summed E-state index contributed by atoms with van der Waals surface area (Å²) in [5.41, 5.74) is 11.2. The number of rotatable bonds is 2. The van der Waals surface area contributed by atoms with Crippen LogP contribution in [0.3, 0.4) is 0 Å². The monoisotopic (exact) mass is 637 g/mol. The van der Waals surface area contributed by atoms with E-state index < -0.39 is 0 Å². The molecule has 0 saturated carbocycles. The Morgan fingerprint density at radius 2 is 1.14 bits per heavy atom. The van der Waals surface area contributed by atoms with Crippen molar-refractivity contribution in [3.63, 3.8) is 0 Å². The second-order valence-corrected chi connectivity index (χ2v) is 14.2. The molecule has 0 saturated heterocycles. The summed E-state index contributed by atoms with van der Waals surface area (Å²) >= 11 is 0. The smallest absolute Gasteiger partial charge is 0.165 e. The van der Waals surface area contributed by atoms with E-state index in [1.165, 1.54) is 54.7 Å². The standard InChI is InChI=1S/C47H31N3/c1-47(2)38-21-10-9-19-36(38)42-39(47)24-23-35-37-26-30-14-3-4-15-31(30)27-41(37)50(45(35)42)46-44(34-20-11-16-28-12-5-7-17-32(28)34)48-40-25-22-29-13-6-8-18-33(29)43(40)49-46/h3-27H,1-2H3. The molecule has 0 N–H and O–H groups in total. The highest BCUT2D eigenvalue weighted by molar-refractivity contribution is 6.19. The molecule has 0 fully saturated rings. The molecular weight excluding hydrogens is 607 g/mol. The first kappa shape index (κ1) is 27.6. The van der Waals surface area contributed by atoms with E-state index in [1.807, 2.05) is 0 Å². The molecule has 0 atom stereocenters. The molecule has 2 aromatic heterocycles. The molecule has 10 aromatic rings. The van der Waals surface area contributed by atoms with Crippen LogP contribution >= 0.6 is 0 Å². The zero-order valence-electron chi connectivity index (χ0n) is 27.8. The highest BCUT2D eigenvalue weighted by Crippen LogP contribution is 2.53. The summed E-state index contributed by atoms with van der Waals surface area (Å²) in [7, 11) is 0. The third-order valence-corrected chi connectivity index (χ3v) is 11.1. The first-order chi connectivity index (χ1) is 24.6. The molecular formula is C47H31N3. The van der Waals surface area contributed by atoms with Crippen LogP contribution in [0.4, 0.5) is 0 Å². The number of aromatic nitrogens is 3. The SMILES string of the molecule is CC1(C)c2ccccc2-c2c1ccc1c3cc4ccccc4cc3n(-c3nc4c(ccc5ccccc54)nc3-c3cccc4ccccc34)c21. The van der Waals surface area contributed by atoms with Crippen LogP contribution in [0.2, 0.25) is 0 Å². The Balaban J connectivity index is 1.40. The third kappa shape index (κ3) is 3.64. The van der Waals surface area contributed by atoms with Gasteiger partial charge in [-0.1, -0.05) is 147 Å². The van der Waals surface area contributed by atoms with Gasteiger partial charge in [0.1, 0.15) is 5.69 Å². The van der Waals surface area contributed by atoms with Gasteiger partial charge in [0.2, 0.25) is 0 Å². The molecule has 8 aromatic carbocycles. The van der Waals surface area contributed by atoms with Crippen LogP contribution < -0.4 is 0 Å². The van der Waals surface area contributed by atoms with Crippen LogP contribution in [0.5, 0.6) is 0 Å². The molecule has 0 aliphatic heterocycles. The molecule has 11 rings (SSSR count). The van der Waals surface area contributed by atoms with E-state index in [4.69, 9.17) is 9.97 Å². The van der Waals surface area contributed by atoms with Crippen molar-refractivity contribution in [1.82, 2.24) is 14.5 Å². The van der Waals surface area contributed by atoms with Gasteiger partial charge in [-0.15, -0.1) is 0 Å². The van der Waals surface area contributed by atoms with Crippen LogP contribution in [0, 0.1) is 0 Å². The lowest BCUT2D eigenvalue weighted by atomic mass is 9.82. The van der Waals surface area contributed by atoms with Gasteiger partial charge < -0.3 is 0 Å². The van der Waals surface area contributed by atoms with Gasteiger partial charge in [-0.3, -0.25) is 4.57 Å². The summed E-state index contributed by atoms with van der Waals surface area (Å²) in [5, 5.41) is 9.47. The van der Waals surface area contributed by atoms with Crippen LogP contribution in [-0.4, -0.2) is 14.5 Å². The van der Waals surface area contributed by atoms with Gasteiger partial charge in [0.15, 0.2) is 5.82 Å². The first-order valence-corrected chi connectivity index (χ1v) is 17.3. The number of hydrogen-bond donors (Lipinski definition) is 0. The fourth-order valence-corrected chi connectivity index (χ4v) is 8.74. The van der Waals surface area contributed by atoms with Crippen molar-refractivity contribution in [2.45, 2.75) is 19.3 Å². The number of fused-ring (bicyclic) bond motifs is 12. The summed E-state index contributed by atoms with van der Waals surface area (Å²) < 4.78 is 2.44. The van der Waals surface area contributed by atoms with Crippen LogP contribution in [0.15, 0.2) is 152 Å². The zero-order valence-corrected chi connectivity index (χ0v) is 27.8. The lowest BCUT2D eigenvalue weighted by Gasteiger charge is -2.21. The second-order valence-electron chi connectivity index (χ2n) is 14.2. The molecule has 234 valence electrons. The van der Waals surface area contributed by atoms with Crippen LogP contribution in [0.1, 0.15) is 25.0 Å². The predicted molar refractivity (Wildman–Crippen MR) is 209 cm³/mol. The Hall–Kier alpha value is -6.32. The summed E-state index contributed by atoms with van der Waals surface area (Å²) in [4.78, 5) is 11.3. The van der Waals surface area contributed by atoms with E-state index in [2.05, 4.69) is 170 Å². The molecule has 2 heterocycles. The predicted octanol–water partition coefficient (Wildman–Crippen LogP) is 12.2. The summed E-state index contributed by atoms with van der Waals surface area (Å²) in [6, 6.07) is 55.0. The molecule has 0 bridgehead atoms. The second kappa shape index (κ2) is 9.87. The largest absolute Gasteiger partial charge is 0.291 e. The lowest BCUT2D eigenvalue weighted by molar-refractivity contribution is 0.661. The maximum atomic E-state index is 5.73. The molecule has 1 aliphatic rings. The van der Waals surface area contributed by atoms with Gasteiger partial charge in [0, 0.05) is 32.7 Å². The van der Waals surface area contributed by atoms with Crippen molar-refractivity contribution in [3.05, 3.63) is 163 Å². The van der Waals surface area contributed by atoms with Gasteiger partial charge in [0.25, 0.3) is 0 Å². The van der Waals surface area contributed by atoms with Crippen molar-refractivity contribution in [2.75, 3.05) is 0 Å². The van der Waals surface area contributed by atoms with E-state index in [1.54, 1.807) is 0 Å². The molecule has 3 heteroatoms. The number of nitrogens with zero attached hydrogens (tertiary/aromatic N) is 3. The van der Waals surface area contributed by atoms with Gasteiger partial charge in [-0.2, -0.15) is 0 Å². The van der Waals surface area contributed by atoms with Crippen molar-refractivity contribution in [1.29, 1.82) is 0 Å². The Bertz CT molecular complexity index is 3070. The molecule has 0 spiro atoms. The molecule has 1 aliphatic carbocycles. The highest BCUT2D eigenvalue weighted by atomic mass is 15.1. The molecule has 3 nitrogen and oxygen atoms in total. The van der Waals surface area contributed by atoms with Gasteiger partial charge in [-0.25, -0.2) is 9.97 Å². The van der Waals surface area contributed by atoms with Gasteiger partial charge in [0.05, 0.1) is 22.1 Å². The van der Waals surface area contributed by atoms with Crippen molar-refractivity contribution in [3.8, 4) is 28.2 Å². The number of hydrogen-bond acceptors (Lipinski definition) is 2. The quantitative estimate of drug-likeness (QED) is 0.177. The fourth-order valence-electron chi connectivity index (χ4n) is 8.74. The zero-order chi connectivity index (χ0) is 33.1. The van der Waals surface area contributed by atoms with E-state index in [9.17, 15) is 0 Å². The minimum Gasteiger partial charge on any atom is -0.291 e. The average molecular weight is 638 g/mol. The minimum absolute atomic E-state index is 0.143. The summed E-state index contributed by atoms with van der Waals surface area (Å²) in [6.45, 7) is 4.71. The first-order valence-electron chi connectivity index (χ1n) is 17.3. The van der Waals surface area contributed by atoms with Gasteiger partial charge >= 0.3 is 0 Å². The van der Waals surface area contributed by atoms with Crippen LogP contribution in [-0.2, 0) is 5.41 Å². The molecule has 0 radical (unpaired) electrons. The third-order valence-electron chi connectivity index (χ3n) is 11.1. The van der Waals surface area contributed by atoms with Crippen molar-refractivity contribution in [2.24, 2.45) is 0 Å². The highest BCUT2D eigenvalue weighted by Gasteiger charge is 2.38. The van der Waals surface area contributed by atoms with Crippen molar-refractivity contribution < 1.29 is 0 Å². The van der Waals surface area contributed by atoms with E-state index in [-0.39, 0.29) is 5.41 Å². The van der Waals surface area contributed by atoms with E-state index in [0.717, 1.165) is 49.8 Å². The average Bonchev–Trinajstić information content (AvgIpc) is 3.60. The molecule has 50 heavy (non-hydrogen) atoms. The lowest BCUT2D eigenvalue weighted by Crippen LogP contribution is -2.14. The Morgan fingerprint density at radius 1 is 0.480 bits per heavy atom. The molecule has 0 unspecified atom stereocenters. The molecule has 0 amide bonds. The summed E-state index contributed by atoms with van der Waals surface area (Å²) in [6.07, 6.45) is 0. The number of benzene rings is 8. The fraction of sp³-hybridized carbons (Fsp3) is 0.0638. The normalized spacial score (nSPS) is 13.6. The Kier molecular flexibility index (Phi) is 5.45. The van der Waals surface area contributed by atoms with Gasteiger partial charge in [-0.05, 0) is 61.8 Å². The maximum absolute atomic E-state index is 5.73. The van der Waals surface area contributed by atoms with Crippen LogP contribution in [0.25, 0.3) is 93.4 Å². The van der Waals surface area contributed by atoms with Crippen molar-refractivity contribution >= 4 is 65.2 Å². The minimum atomic E-state index is -0.143. The Labute approximate surface area is 289 Å². The summed E-state index contributed by atoms with van der Waals surface area (Å²) in [5.74, 6) is 0.844. The van der Waals surface area contributed by atoms with E-state index in [0.29, 0.717) is 0 Å². The maximum Gasteiger partial charge on any atom is 0.165 e. The topological polar surface area (TPSA) is 30.7 Å².